The molecule has 78 valence electrons. The summed E-state index contributed by atoms with van der Waals surface area (Å²) in [6, 6.07) is 0.437. The first-order chi connectivity index (χ1) is 6.65. The molecule has 5 nitrogen and oxygen atoms in total. The standard InChI is InChI=1S/C9H16N4O/c1-7-3-9(14)6-13(7)5-8-4-12(2)11-10-8/h4,7,9,14H,3,5-6H2,1-2H3. The molecule has 14 heavy (non-hydrogen) atoms. The van der Waals surface area contributed by atoms with Crippen molar-refractivity contribution in [3.8, 4) is 0 Å². The second-order valence-corrected chi connectivity index (χ2v) is 4.05. The lowest BCUT2D eigenvalue weighted by Gasteiger charge is -2.18. The molecular weight excluding hydrogens is 180 g/mol. The van der Waals surface area contributed by atoms with Crippen LogP contribution in [0.25, 0.3) is 0 Å². The quantitative estimate of drug-likeness (QED) is 0.710. The molecule has 0 radical (unpaired) electrons. The second-order valence-electron chi connectivity index (χ2n) is 4.05. The van der Waals surface area contributed by atoms with Gasteiger partial charge >= 0.3 is 0 Å². The fourth-order valence-electron chi connectivity index (χ4n) is 1.96. The summed E-state index contributed by atoms with van der Waals surface area (Å²) in [6.07, 6.45) is 2.60. The van der Waals surface area contributed by atoms with Gasteiger partial charge in [0.1, 0.15) is 0 Å². The first kappa shape index (κ1) is 9.61. The molecule has 1 fully saturated rings. The summed E-state index contributed by atoms with van der Waals surface area (Å²) < 4.78 is 1.70. The van der Waals surface area contributed by atoms with Gasteiger partial charge in [-0.25, -0.2) is 0 Å². The van der Waals surface area contributed by atoms with Gasteiger partial charge in [-0.1, -0.05) is 5.21 Å². The lowest BCUT2D eigenvalue weighted by atomic mass is 10.2. The average Bonchev–Trinajstić information content (AvgIpc) is 2.61. The summed E-state index contributed by atoms with van der Waals surface area (Å²) in [4.78, 5) is 2.23. The number of rotatable bonds is 2. The molecule has 1 aliphatic rings. The Hall–Kier alpha value is -0.940. The van der Waals surface area contributed by atoms with Gasteiger partial charge in [-0.2, -0.15) is 0 Å². The molecule has 0 aromatic carbocycles. The van der Waals surface area contributed by atoms with Crippen molar-refractivity contribution in [2.45, 2.75) is 32.0 Å². The SMILES string of the molecule is CC1CC(O)CN1Cc1cn(C)nn1. The maximum atomic E-state index is 9.47. The maximum Gasteiger partial charge on any atom is 0.0967 e. The van der Waals surface area contributed by atoms with Crippen molar-refractivity contribution < 1.29 is 5.11 Å². The lowest BCUT2D eigenvalue weighted by molar-refractivity contribution is 0.172. The third-order valence-electron chi connectivity index (χ3n) is 2.70. The van der Waals surface area contributed by atoms with Gasteiger partial charge in [-0.15, -0.1) is 5.10 Å². The van der Waals surface area contributed by atoms with E-state index < -0.39 is 0 Å². The van der Waals surface area contributed by atoms with Crippen molar-refractivity contribution in [1.29, 1.82) is 0 Å². The number of hydrogen-bond donors (Lipinski definition) is 1. The van der Waals surface area contributed by atoms with E-state index in [1.165, 1.54) is 0 Å². The largest absolute Gasteiger partial charge is 0.392 e. The van der Waals surface area contributed by atoms with Crippen molar-refractivity contribution in [2.75, 3.05) is 6.54 Å². The van der Waals surface area contributed by atoms with Crippen LogP contribution in [0.15, 0.2) is 6.20 Å². The van der Waals surface area contributed by atoms with Crippen molar-refractivity contribution in [2.24, 2.45) is 7.05 Å². The molecule has 1 aromatic heterocycles. The fourth-order valence-corrected chi connectivity index (χ4v) is 1.96. The molecule has 0 saturated carbocycles. The van der Waals surface area contributed by atoms with Crippen LogP contribution in [-0.2, 0) is 13.6 Å². The number of likely N-dealkylation sites (tertiary alicyclic amines) is 1. The van der Waals surface area contributed by atoms with Crippen LogP contribution in [0, 0.1) is 0 Å². The summed E-state index contributed by atoms with van der Waals surface area (Å²) in [5.41, 5.74) is 0.966. The molecule has 1 saturated heterocycles. The predicted molar refractivity (Wildman–Crippen MR) is 51.5 cm³/mol. The van der Waals surface area contributed by atoms with Gasteiger partial charge in [0.25, 0.3) is 0 Å². The first-order valence-corrected chi connectivity index (χ1v) is 4.92. The van der Waals surface area contributed by atoms with Gasteiger partial charge in [0.05, 0.1) is 11.8 Å². The van der Waals surface area contributed by atoms with E-state index in [1.807, 2.05) is 13.2 Å². The molecule has 1 aromatic rings. The Morgan fingerprint density at radius 1 is 1.64 bits per heavy atom. The Balaban J connectivity index is 1.98. The minimum absolute atomic E-state index is 0.179. The van der Waals surface area contributed by atoms with Gasteiger partial charge in [-0.3, -0.25) is 9.58 Å². The predicted octanol–water partition coefficient (Wildman–Crippen LogP) is -0.230. The zero-order valence-corrected chi connectivity index (χ0v) is 8.59. The smallest absolute Gasteiger partial charge is 0.0967 e. The first-order valence-electron chi connectivity index (χ1n) is 4.92. The molecule has 0 bridgehead atoms. The lowest BCUT2D eigenvalue weighted by Crippen LogP contribution is -2.27. The number of aryl methyl sites for hydroxylation is 1. The van der Waals surface area contributed by atoms with Crippen LogP contribution < -0.4 is 0 Å². The number of aliphatic hydroxyl groups is 1. The van der Waals surface area contributed by atoms with Gasteiger partial charge in [-0.05, 0) is 13.3 Å². The molecule has 2 rings (SSSR count). The zero-order chi connectivity index (χ0) is 10.1. The minimum atomic E-state index is -0.179. The van der Waals surface area contributed by atoms with Gasteiger partial charge < -0.3 is 5.11 Å². The number of hydrogen-bond acceptors (Lipinski definition) is 4. The Labute approximate surface area is 83.3 Å². The Kier molecular flexibility index (Phi) is 2.52. The molecule has 0 spiro atoms. The third kappa shape index (κ3) is 1.93. The van der Waals surface area contributed by atoms with Crippen LogP contribution in [0.4, 0.5) is 0 Å². The second kappa shape index (κ2) is 3.67. The van der Waals surface area contributed by atoms with Crippen molar-refractivity contribution >= 4 is 0 Å². The van der Waals surface area contributed by atoms with E-state index in [4.69, 9.17) is 0 Å². The van der Waals surface area contributed by atoms with Crippen LogP contribution in [0.1, 0.15) is 19.0 Å². The van der Waals surface area contributed by atoms with E-state index in [0.29, 0.717) is 6.04 Å². The minimum Gasteiger partial charge on any atom is -0.392 e. The summed E-state index contributed by atoms with van der Waals surface area (Å²) in [6.45, 7) is 3.66. The monoisotopic (exact) mass is 196 g/mol. The maximum absolute atomic E-state index is 9.47. The molecule has 0 amide bonds. The Bertz CT molecular complexity index is 312. The van der Waals surface area contributed by atoms with Crippen LogP contribution in [-0.4, -0.2) is 43.7 Å². The third-order valence-corrected chi connectivity index (χ3v) is 2.70. The molecule has 2 heterocycles. The normalized spacial score (nSPS) is 28.5. The summed E-state index contributed by atoms with van der Waals surface area (Å²) in [5.74, 6) is 0. The average molecular weight is 196 g/mol. The van der Waals surface area contributed by atoms with E-state index in [9.17, 15) is 5.11 Å². The summed E-state index contributed by atoms with van der Waals surface area (Å²) >= 11 is 0. The van der Waals surface area contributed by atoms with Crippen molar-refractivity contribution in [3.63, 3.8) is 0 Å². The van der Waals surface area contributed by atoms with E-state index in [1.54, 1.807) is 4.68 Å². The fraction of sp³-hybridized carbons (Fsp3) is 0.778. The van der Waals surface area contributed by atoms with E-state index in [0.717, 1.165) is 25.2 Å². The molecule has 1 aliphatic heterocycles. The highest BCUT2D eigenvalue weighted by Crippen LogP contribution is 2.18. The Morgan fingerprint density at radius 3 is 2.93 bits per heavy atom. The highest BCUT2D eigenvalue weighted by molar-refractivity contribution is 4.94. The topological polar surface area (TPSA) is 54.2 Å². The van der Waals surface area contributed by atoms with Crippen LogP contribution >= 0.6 is 0 Å². The van der Waals surface area contributed by atoms with Crippen molar-refractivity contribution in [3.05, 3.63) is 11.9 Å². The number of β-amino-alcohol motifs (C(OH)–C–C–N with tert-alkyl or cyclic N) is 1. The van der Waals surface area contributed by atoms with Gasteiger partial charge in [0, 0.05) is 32.4 Å². The molecule has 2 unspecified atom stereocenters. The Morgan fingerprint density at radius 2 is 2.43 bits per heavy atom. The highest BCUT2D eigenvalue weighted by Gasteiger charge is 2.27. The van der Waals surface area contributed by atoms with Crippen LogP contribution in [0.2, 0.25) is 0 Å². The number of aromatic nitrogens is 3. The van der Waals surface area contributed by atoms with Crippen molar-refractivity contribution in [1.82, 2.24) is 19.9 Å². The number of aliphatic hydroxyl groups excluding tert-OH is 1. The van der Waals surface area contributed by atoms with E-state index >= 15 is 0 Å². The summed E-state index contributed by atoms with van der Waals surface area (Å²) in [5, 5.41) is 17.4. The molecule has 1 N–H and O–H groups in total. The van der Waals surface area contributed by atoms with Gasteiger partial charge in [0.15, 0.2) is 0 Å². The zero-order valence-electron chi connectivity index (χ0n) is 8.59. The summed E-state index contributed by atoms with van der Waals surface area (Å²) in [7, 11) is 1.86. The molecule has 2 atom stereocenters. The van der Waals surface area contributed by atoms with E-state index in [2.05, 4.69) is 22.1 Å². The highest BCUT2D eigenvalue weighted by atomic mass is 16.3. The van der Waals surface area contributed by atoms with E-state index in [-0.39, 0.29) is 6.10 Å². The molecular formula is C9H16N4O. The molecule has 5 heteroatoms. The van der Waals surface area contributed by atoms with Gasteiger partial charge in [0.2, 0.25) is 0 Å². The van der Waals surface area contributed by atoms with Crippen LogP contribution in [0.5, 0.6) is 0 Å². The molecule has 0 aliphatic carbocycles. The van der Waals surface area contributed by atoms with Crippen LogP contribution in [0.3, 0.4) is 0 Å². The number of nitrogens with zero attached hydrogens (tertiary/aromatic N) is 4.